The van der Waals surface area contributed by atoms with Gasteiger partial charge in [-0.2, -0.15) is 0 Å². The molecule has 2 rings (SSSR count). The monoisotopic (exact) mass is 284 g/mol. The third kappa shape index (κ3) is 3.92. The highest BCUT2D eigenvalue weighted by atomic mass is 32.2. The van der Waals surface area contributed by atoms with Crippen LogP contribution in [0.25, 0.3) is 0 Å². The van der Waals surface area contributed by atoms with Gasteiger partial charge in [-0.1, -0.05) is 18.2 Å². The quantitative estimate of drug-likeness (QED) is 0.786. The van der Waals surface area contributed by atoms with Crippen LogP contribution in [0.3, 0.4) is 0 Å². The smallest absolute Gasteiger partial charge is 0.151 e. The van der Waals surface area contributed by atoms with Crippen molar-refractivity contribution >= 4 is 15.5 Å². The maximum atomic E-state index is 11.5. The molecule has 6 heteroatoms. The van der Waals surface area contributed by atoms with Crippen LogP contribution in [0, 0.1) is 0 Å². The maximum absolute atomic E-state index is 11.5. The second kappa shape index (κ2) is 5.90. The first-order valence-electron chi connectivity index (χ1n) is 6.43. The van der Waals surface area contributed by atoms with Crippen molar-refractivity contribution in [2.24, 2.45) is 0 Å². The Labute approximate surface area is 113 Å². The van der Waals surface area contributed by atoms with E-state index in [2.05, 4.69) is 0 Å². The summed E-state index contributed by atoms with van der Waals surface area (Å²) in [4.78, 5) is 1.99. The number of sulfone groups is 1. The third-order valence-corrected chi connectivity index (χ3v) is 5.15. The average molecular weight is 284 g/mol. The van der Waals surface area contributed by atoms with E-state index >= 15 is 0 Å². The van der Waals surface area contributed by atoms with Crippen molar-refractivity contribution in [3.63, 3.8) is 0 Å². The van der Waals surface area contributed by atoms with Gasteiger partial charge in [-0.05, 0) is 19.0 Å². The van der Waals surface area contributed by atoms with Crippen molar-refractivity contribution in [1.29, 1.82) is 0 Å². The molecule has 0 bridgehead atoms. The number of benzene rings is 1. The molecular formula is C13H20N2O3S. The van der Waals surface area contributed by atoms with Crippen LogP contribution in [0.4, 0.5) is 5.69 Å². The number of para-hydroxylation sites is 1. The van der Waals surface area contributed by atoms with Gasteiger partial charge in [-0.25, -0.2) is 8.42 Å². The number of hydrogen-bond acceptors (Lipinski definition) is 5. The molecule has 1 aliphatic rings. The zero-order valence-electron chi connectivity index (χ0n) is 10.8. The molecule has 0 aromatic heterocycles. The summed E-state index contributed by atoms with van der Waals surface area (Å²) in [6.45, 7) is 1.60. The second-order valence-electron chi connectivity index (χ2n) is 4.95. The van der Waals surface area contributed by atoms with Crippen LogP contribution in [0.2, 0.25) is 0 Å². The van der Waals surface area contributed by atoms with Gasteiger partial charge in [-0.3, -0.25) is 4.90 Å². The van der Waals surface area contributed by atoms with E-state index in [-0.39, 0.29) is 11.5 Å². The molecule has 1 fully saturated rings. The van der Waals surface area contributed by atoms with Gasteiger partial charge in [0.05, 0.1) is 17.6 Å². The third-order valence-electron chi connectivity index (χ3n) is 3.43. The predicted octanol–water partition coefficient (Wildman–Crippen LogP) is 0.423. The summed E-state index contributed by atoms with van der Waals surface area (Å²) in [5, 5.41) is 10.2. The van der Waals surface area contributed by atoms with Crippen LogP contribution in [0.15, 0.2) is 24.3 Å². The number of hydrogen-bond donors (Lipinski definition) is 2. The first-order chi connectivity index (χ1) is 8.98. The lowest BCUT2D eigenvalue weighted by Gasteiger charge is -2.23. The number of nitrogens with two attached hydrogens (primary N) is 1. The van der Waals surface area contributed by atoms with Crippen molar-refractivity contribution in [2.45, 2.75) is 12.5 Å². The van der Waals surface area contributed by atoms with Gasteiger partial charge in [0.2, 0.25) is 0 Å². The summed E-state index contributed by atoms with van der Waals surface area (Å²) in [7, 11) is -2.91. The molecule has 1 aromatic carbocycles. The number of aliphatic hydroxyl groups excluding tert-OH is 1. The van der Waals surface area contributed by atoms with Gasteiger partial charge in [0.15, 0.2) is 9.84 Å². The Morgan fingerprint density at radius 2 is 2.00 bits per heavy atom. The molecule has 5 nitrogen and oxygen atoms in total. The van der Waals surface area contributed by atoms with Crippen molar-refractivity contribution < 1.29 is 13.5 Å². The minimum absolute atomic E-state index is 0.171. The number of anilines is 1. The maximum Gasteiger partial charge on any atom is 0.151 e. The van der Waals surface area contributed by atoms with Crippen LogP contribution >= 0.6 is 0 Å². The number of β-amino-alcohol motifs (C(OH)–C–C–N with tert-alkyl or cyclic N) is 1. The molecular weight excluding hydrogens is 264 g/mol. The zero-order chi connectivity index (χ0) is 13.9. The Kier molecular flexibility index (Phi) is 4.44. The predicted molar refractivity (Wildman–Crippen MR) is 75.5 cm³/mol. The Bertz CT molecular complexity index is 530. The van der Waals surface area contributed by atoms with E-state index in [1.165, 1.54) is 0 Å². The molecule has 1 atom stereocenters. The van der Waals surface area contributed by atoms with Crippen molar-refractivity contribution in [3.8, 4) is 0 Å². The van der Waals surface area contributed by atoms with E-state index in [1.807, 2.05) is 17.0 Å². The summed E-state index contributed by atoms with van der Waals surface area (Å²) < 4.78 is 23.0. The standard InChI is InChI=1S/C13H20N2O3S/c14-12-5-2-1-4-11(12)13(16)10-15-6-3-8-19(17,18)9-7-15/h1-2,4-5,13,16H,3,6-10,14H2. The Morgan fingerprint density at radius 3 is 2.74 bits per heavy atom. The minimum Gasteiger partial charge on any atom is -0.398 e. The molecule has 0 saturated carbocycles. The van der Waals surface area contributed by atoms with Gasteiger partial charge < -0.3 is 10.8 Å². The van der Waals surface area contributed by atoms with E-state index in [9.17, 15) is 13.5 Å². The molecule has 0 amide bonds. The molecule has 106 valence electrons. The average Bonchev–Trinajstić information content (AvgIpc) is 2.51. The molecule has 0 radical (unpaired) electrons. The molecule has 1 unspecified atom stereocenters. The number of rotatable bonds is 3. The lowest BCUT2D eigenvalue weighted by molar-refractivity contribution is 0.118. The van der Waals surface area contributed by atoms with E-state index in [4.69, 9.17) is 5.73 Å². The molecule has 1 aromatic rings. The van der Waals surface area contributed by atoms with E-state index in [0.717, 1.165) is 0 Å². The molecule has 1 aliphatic heterocycles. The number of nitrogen functional groups attached to an aromatic ring is 1. The van der Waals surface area contributed by atoms with Crippen LogP contribution in [0.5, 0.6) is 0 Å². The molecule has 3 N–H and O–H groups in total. The number of aliphatic hydroxyl groups is 1. The lowest BCUT2D eigenvalue weighted by Crippen LogP contribution is -2.31. The summed E-state index contributed by atoms with van der Waals surface area (Å²) in [5.41, 5.74) is 7.10. The summed E-state index contributed by atoms with van der Waals surface area (Å²) in [6, 6.07) is 7.21. The van der Waals surface area contributed by atoms with Gasteiger partial charge in [0.25, 0.3) is 0 Å². The van der Waals surface area contributed by atoms with Gasteiger partial charge in [0, 0.05) is 24.3 Å². The molecule has 1 heterocycles. The normalized spacial score (nSPS) is 21.7. The largest absolute Gasteiger partial charge is 0.398 e. The highest BCUT2D eigenvalue weighted by molar-refractivity contribution is 7.91. The summed E-state index contributed by atoms with van der Waals surface area (Å²) in [5.74, 6) is 0.414. The van der Waals surface area contributed by atoms with Crippen molar-refractivity contribution in [3.05, 3.63) is 29.8 Å². The lowest BCUT2D eigenvalue weighted by atomic mass is 10.1. The molecule has 1 saturated heterocycles. The minimum atomic E-state index is -2.91. The summed E-state index contributed by atoms with van der Waals surface area (Å²) >= 11 is 0. The molecule has 0 aliphatic carbocycles. The highest BCUT2D eigenvalue weighted by Gasteiger charge is 2.21. The fourth-order valence-corrected chi connectivity index (χ4v) is 3.64. The van der Waals surface area contributed by atoms with Gasteiger partial charge >= 0.3 is 0 Å². The highest BCUT2D eigenvalue weighted by Crippen LogP contribution is 2.21. The van der Waals surface area contributed by atoms with Crippen LogP contribution in [-0.4, -0.2) is 49.6 Å². The second-order valence-corrected chi connectivity index (χ2v) is 7.25. The van der Waals surface area contributed by atoms with E-state index in [0.29, 0.717) is 37.3 Å². The Morgan fingerprint density at radius 1 is 1.26 bits per heavy atom. The van der Waals surface area contributed by atoms with Crippen LogP contribution in [-0.2, 0) is 9.84 Å². The topological polar surface area (TPSA) is 83.6 Å². The zero-order valence-corrected chi connectivity index (χ0v) is 11.6. The SMILES string of the molecule is Nc1ccccc1C(O)CN1CCCS(=O)(=O)CC1. The van der Waals surface area contributed by atoms with E-state index < -0.39 is 15.9 Å². The Hall–Kier alpha value is -1.11. The fourth-order valence-electron chi connectivity index (χ4n) is 2.33. The van der Waals surface area contributed by atoms with Gasteiger partial charge in [-0.15, -0.1) is 0 Å². The first kappa shape index (κ1) is 14.3. The molecule has 0 spiro atoms. The summed E-state index contributed by atoms with van der Waals surface area (Å²) in [6.07, 6.45) is -0.0544. The van der Waals surface area contributed by atoms with Crippen LogP contribution in [0.1, 0.15) is 18.1 Å². The number of nitrogens with zero attached hydrogens (tertiary/aromatic N) is 1. The van der Waals surface area contributed by atoms with Crippen LogP contribution < -0.4 is 5.73 Å². The van der Waals surface area contributed by atoms with Crippen molar-refractivity contribution in [1.82, 2.24) is 4.90 Å². The van der Waals surface area contributed by atoms with E-state index in [1.54, 1.807) is 12.1 Å². The first-order valence-corrected chi connectivity index (χ1v) is 8.25. The Balaban J connectivity index is 1.99. The van der Waals surface area contributed by atoms with Crippen molar-refractivity contribution in [2.75, 3.05) is 36.9 Å². The molecule has 19 heavy (non-hydrogen) atoms. The fraction of sp³-hybridized carbons (Fsp3) is 0.538. The van der Waals surface area contributed by atoms with Gasteiger partial charge in [0.1, 0.15) is 0 Å².